The summed E-state index contributed by atoms with van der Waals surface area (Å²) in [5.41, 5.74) is 0.338. The van der Waals surface area contributed by atoms with E-state index in [0.717, 1.165) is 12.0 Å². The van der Waals surface area contributed by atoms with E-state index in [9.17, 15) is 9.90 Å². The fraction of sp³-hybridized carbons (Fsp3) is 0.667. The SMILES string of the molecule is C=CC[C@H]1[C@@H]2O[C@@]34/C(C)=C/[C@@H](C)[C@@H]([C@@H](C)O)OC(=C)[C@@H](OC)C[C@H]3C=C[C@@H]2[C@H]4C(=O)[C@@H]1C. The number of carbonyl (C=O) groups excluding carboxylic acids is 1. The number of aliphatic hydroxyl groups is 1. The number of hydrogen-bond acceptors (Lipinski definition) is 5. The Balaban J connectivity index is 1.87. The summed E-state index contributed by atoms with van der Waals surface area (Å²) in [5.74, 6) is 0.603. The monoisotopic (exact) mass is 442 g/mol. The Morgan fingerprint density at radius 1 is 1.38 bits per heavy atom. The van der Waals surface area contributed by atoms with Crippen LogP contribution in [0, 0.1) is 35.5 Å². The third-order valence-electron chi connectivity index (χ3n) is 8.45. The predicted octanol–water partition coefficient (Wildman–Crippen LogP) is 4.23. The van der Waals surface area contributed by atoms with Crippen molar-refractivity contribution in [2.45, 2.75) is 70.6 Å². The summed E-state index contributed by atoms with van der Waals surface area (Å²) >= 11 is 0. The Kier molecular flexibility index (Phi) is 6.30. The normalized spacial score (nSPS) is 48.3. The van der Waals surface area contributed by atoms with Gasteiger partial charge in [-0.2, -0.15) is 0 Å². The number of allylic oxidation sites excluding steroid dienone is 1. The fourth-order valence-corrected chi connectivity index (χ4v) is 6.87. The van der Waals surface area contributed by atoms with Crippen molar-refractivity contribution in [3.63, 3.8) is 0 Å². The van der Waals surface area contributed by atoms with Gasteiger partial charge in [0, 0.05) is 30.8 Å². The first-order valence-corrected chi connectivity index (χ1v) is 11.9. The molecule has 32 heavy (non-hydrogen) atoms. The highest BCUT2D eigenvalue weighted by molar-refractivity contribution is 5.88. The average Bonchev–Trinajstić information content (AvgIpc) is 2.94. The molecule has 176 valence electrons. The molecule has 2 heterocycles. The van der Waals surface area contributed by atoms with Crippen molar-refractivity contribution in [1.82, 2.24) is 0 Å². The Bertz CT molecular complexity index is 841. The molecule has 1 saturated carbocycles. The summed E-state index contributed by atoms with van der Waals surface area (Å²) in [6, 6.07) is 0. The molecule has 2 fully saturated rings. The number of rotatable bonds is 4. The zero-order valence-electron chi connectivity index (χ0n) is 20.0. The van der Waals surface area contributed by atoms with Gasteiger partial charge in [0.1, 0.15) is 29.4 Å². The molecule has 5 nitrogen and oxygen atoms in total. The first-order valence-electron chi connectivity index (χ1n) is 11.9. The molecule has 0 radical (unpaired) electrons. The number of methoxy groups -OCH3 is 1. The lowest BCUT2D eigenvalue weighted by Gasteiger charge is -2.46. The van der Waals surface area contributed by atoms with Gasteiger partial charge in [-0.1, -0.05) is 44.7 Å². The molecular weight excluding hydrogens is 404 g/mol. The van der Waals surface area contributed by atoms with Crippen molar-refractivity contribution in [3.05, 3.63) is 48.8 Å². The third-order valence-corrected chi connectivity index (χ3v) is 8.45. The molecule has 1 N–H and O–H groups in total. The lowest BCUT2D eigenvalue weighted by atomic mass is 9.56. The lowest BCUT2D eigenvalue weighted by Crippen LogP contribution is -2.53. The van der Waals surface area contributed by atoms with Crippen LogP contribution in [0.4, 0.5) is 0 Å². The van der Waals surface area contributed by atoms with Crippen LogP contribution < -0.4 is 0 Å². The second-order valence-electron chi connectivity index (χ2n) is 10.3. The minimum atomic E-state index is -0.711. The van der Waals surface area contributed by atoms with Gasteiger partial charge in [0.2, 0.25) is 0 Å². The van der Waals surface area contributed by atoms with Gasteiger partial charge < -0.3 is 19.3 Å². The summed E-state index contributed by atoms with van der Waals surface area (Å²) in [7, 11) is 1.65. The zero-order valence-corrected chi connectivity index (χ0v) is 20.0. The number of hydrogen-bond donors (Lipinski definition) is 1. The quantitative estimate of drug-likeness (QED) is 0.660. The molecule has 0 amide bonds. The van der Waals surface area contributed by atoms with Crippen molar-refractivity contribution in [1.29, 1.82) is 0 Å². The van der Waals surface area contributed by atoms with E-state index in [4.69, 9.17) is 14.2 Å². The first-order chi connectivity index (χ1) is 15.2. The van der Waals surface area contributed by atoms with Gasteiger partial charge >= 0.3 is 0 Å². The molecule has 1 saturated heterocycles. The van der Waals surface area contributed by atoms with Crippen molar-refractivity contribution >= 4 is 5.78 Å². The van der Waals surface area contributed by atoms with E-state index in [-0.39, 0.29) is 47.7 Å². The molecule has 0 aromatic carbocycles. The van der Waals surface area contributed by atoms with Gasteiger partial charge in [0.05, 0.1) is 18.1 Å². The Morgan fingerprint density at radius 2 is 2.09 bits per heavy atom. The molecule has 4 rings (SSSR count). The van der Waals surface area contributed by atoms with Crippen LogP contribution in [0.1, 0.15) is 40.5 Å². The maximum Gasteiger partial charge on any atom is 0.143 e. The second kappa shape index (κ2) is 8.58. The fourth-order valence-electron chi connectivity index (χ4n) is 6.87. The van der Waals surface area contributed by atoms with Gasteiger partial charge in [0.15, 0.2) is 0 Å². The number of ketones is 1. The van der Waals surface area contributed by atoms with Gasteiger partial charge in [-0.3, -0.25) is 4.79 Å². The summed E-state index contributed by atoms with van der Waals surface area (Å²) in [6.07, 6.45) is 8.34. The number of Topliss-reactive ketones (excluding diaryl/α,β-unsaturated/α-hetero) is 1. The Hall–Kier alpha value is -1.69. The minimum Gasteiger partial charge on any atom is -0.489 e. The lowest BCUT2D eigenvalue weighted by molar-refractivity contribution is -0.133. The molecule has 0 aromatic heterocycles. The number of carbonyl (C=O) groups is 1. The summed E-state index contributed by atoms with van der Waals surface area (Å²) < 4.78 is 19.0. The van der Waals surface area contributed by atoms with Crippen molar-refractivity contribution in [2.75, 3.05) is 7.11 Å². The van der Waals surface area contributed by atoms with Crippen LogP contribution in [0.15, 0.2) is 48.8 Å². The van der Waals surface area contributed by atoms with Crippen molar-refractivity contribution in [3.8, 4) is 0 Å². The topological polar surface area (TPSA) is 65.0 Å². The smallest absolute Gasteiger partial charge is 0.143 e. The number of aliphatic hydroxyl groups excluding tert-OH is 1. The number of ether oxygens (including phenoxy) is 3. The van der Waals surface area contributed by atoms with E-state index in [0.29, 0.717) is 18.0 Å². The predicted molar refractivity (Wildman–Crippen MR) is 124 cm³/mol. The van der Waals surface area contributed by atoms with Crippen LogP contribution in [-0.2, 0) is 19.0 Å². The standard InChI is InChI=1S/C27H38O5/c1-8-9-20-16(4)24(29)23-21-11-10-19-13-22(30-7)18(6)31-25(17(5)28)14(2)12-15(3)27(19,23)32-26(20)21/h8,10-12,14,16-17,19-23,25-26,28H,1,6,9,13H2,2-5,7H3/b15-12+/t14-,16-,17-,19-,20-,21-,22+,23+,25+,26+,27+/m1/s1. The molecule has 0 aromatic rings. The van der Waals surface area contributed by atoms with Crippen LogP contribution in [0.3, 0.4) is 0 Å². The van der Waals surface area contributed by atoms with Crippen LogP contribution in [0.25, 0.3) is 0 Å². The molecule has 2 aliphatic heterocycles. The third kappa shape index (κ3) is 3.36. The van der Waals surface area contributed by atoms with E-state index >= 15 is 0 Å². The van der Waals surface area contributed by atoms with E-state index in [1.165, 1.54) is 0 Å². The average molecular weight is 443 g/mol. The van der Waals surface area contributed by atoms with Crippen LogP contribution in [0.5, 0.6) is 0 Å². The van der Waals surface area contributed by atoms with Crippen LogP contribution in [0.2, 0.25) is 0 Å². The molecule has 0 unspecified atom stereocenters. The summed E-state index contributed by atoms with van der Waals surface area (Å²) in [6.45, 7) is 16.0. The van der Waals surface area contributed by atoms with E-state index in [2.05, 4.69) is 45.2 Å². The van der Waals surface area contributed by atoms with Gasteiger partial charge in [0.25, 0.3) is 0 Å². The van der Waals surface area contributed by atoms with Gasteiger partial charge in [-0.15, -0.1) is 6.58 Å². The molecule has 4 aliphatic rings. The highest BCUT2D eigenvalue weighted by Crippen LogP contribution is 2.61. The molecule has 11 atom stereocenters. The minimum absolute atomic E-state index is 0.0124. The van der Waals surface area contributed by atoms with E-state index in [1.807, 2.05) is 13.0 Å². The van der Waals surface area contributed by atoms with Crippen LogP contribution in [-0.4, -0.2) is 48.0 Å². The highest BCUT2D eigenvalue weighted by Gasteiger charge is 2.67. The summed E-state index contributed by atoms with van der Waals surface area (Å²) in [4.78, 5) is 13.8. The second-order valence-corrected chi connectivity index (χ2v) is 10.3. The van der Waals surface area contributed by atoms with Crippen LogP contribution >= 0.6 is 0 Å². The molecule has 2 aliphatic carbocycles. The molecule has 4 bridgehead atoms. The largest absolute Gasteiger partial charge is 0.489 e. The highest BCUT2D eigenvalue weighted by atomic mass is 16.5. The van der Waals surface area contributed by atoms with Crippen molar-refractivity contribution < 1.29 is 24.1 Å². The van der Waals surface area contributed by atoms with Gasteiger partial charge in [-0.25, -0.2) is 0 Å². The Morgan fingerprint density at radius 3 is 2.72 bits per heavy atom. The van der Waals surface area contributed by atoms with Crippen molar-refractivity contribution in [2.24, 2.45) is 35.5 Å². The molecular formula is C27H38O5. The Labute approximate surface area is 192 Å². The zero-order chi connectivity index (χ0) is 23.4. The van der Waals surface area contributed by atoms with E-state index in [1.54, 1.807) is 14.0 Å². The maximum atomic E-state index is 13.8. The molecule has 5 heteroatoms. The van der Waals surface area contributed by atoms with Gasteiger partial charge in [-0.05, 0) is 38.2 Å². The maximum absolute atomic E-state index is 13.8. The molecule has 1 spiro atoms. The first kappa shape index (κ1) is 23.5. The van der Waals surface area contributed by atoms with E-state index < -0.39 is 17.8 Å². The summed E-state index contributed by atoms with van der Waals surface area (Å²) in [5, 5.41) is 10.4.